The monoisotopic (exact) mass is 272 g/mol. The molecule has 1 aliphatic rings. The Morgan fingerprint density at radius 1 is 0.950 bits per heavy atom. The second kappa shape index (κ2) is 8.57. The fourth-order valence-corrected chi connectivity index (χ4v) is 2.58. The summed E-state index contributed by atoms with van der Waals surface area (Å²) < 4.78 is 5.48. The van der Waals surface area contributed by atoms with E-state index < -0.39 is 0 Å². The molecule has 0 aromatic heterocycles. The van der Waals surface area contributed by atoms with E-state index in [0.717, 1.165) is 25.7 Å². The summed E-state index contributed by atoms with van der Waals surface area (Å²) in [5, 5.41) is 0. The van der Waals surface area contributed by atoms with Gasteiger partial charge in [0.25, 0.3) is 0 Å². The van der Waals surface area contributed by atoms with E-state index in [1.165, 1.54) is 25.7 Å². The van der Waals surface area contributed by atoms with E-state index in [2.05, 4.69) is 12.2 Å². The van der Waals surface area contributed by atoms with Crippen LogP contribution >= 0.6 is 0 Å². The quantitative estimate of drug-likeness (QED) is 0.435. The van der Waals surface area contributed by atoms with E-state index in [4.69, 9.17) is 4.74 Å². The third-order valence-electron chi connectivity index (χ3n) is 3.81. The van der Waals surface area contributed by atoms with Gasteiger partial charge in [0.2, 0.25) is 0 Å². The predicted molar refractivity (Wildman–Crippen MR) is 81.6 cm³/mol. The standard InChI is InChI=1S/C18H24O2/c19-18(20-17-14-10-7-11-15-17)16-12-8-5-3-1-2-4-6-9-13-16/h5,7-8,10-11,14-16H,1-4,6,9,12-13H2. The molecule has 2 rings (SSSR count). The molecular weight excluding hydrogens is 248 g/mol. The van der Waals surface area contributed by atoms with Crippen molar-refractivity contribution in [1.82, 2.24) is 0 Å². The minimum atomic E-state index is -0.0832. The van der Waals surface area contributed by atoms with Crippen molar-refractivity contribution in [2.24, 2.45) is 5.92 Å². The zero-order valence-electron chi connectivity index (χ0n) is 12.1. The van der Waals surface area contributed by atoms with Crippen molar-refractivity contribution in [3.8, 4) is 5.75 Å². The molecule has 0 heterocycles. The van der Waals surface area contributed by atoms with E-state index in [0.29, 0.717) is 5.75 Å². The van der Waals surface area contributed by atoms with Crippen molar-refractivity contribution < 1.29 is 9.53 Å². The van der Waals surface area contributed by atoms with Crippen molar-refractivity contribution in [3.05, 3.63) is 42.5 Å². The number of allylic oxidation sites excluding steroid dienone is 2. The van der Waals surface area contributed by atoms with Gasteiger partial charge in [-0.15, -0.1) is 0 Å². The second-order valence-corrected chi connectivity index (χ2v) is 5.48. The number of esters is 1. The van der Waals surface area contributed by atoms with Crippen LogP contribution in [0.2, 0.25) is 0 Å². The number of benzene rings is 1. The van der Waals surface area contributed by atoms with Gasteiger partial charge in [0, 0.05) is 0 Å². The van der Waals surface area contributed by atoms with Gasteiger partial charge in [-0.25, -0.2) is 0 Å². The van der Waals surface area contributed by atoms with Gasteiger partial charge in [-0.05, 0) is 37.8 Å². The average Bonchev–Trinajstić information content (AvgIpc) is 2.53. The Labute approximate surface area is 121 Å². The third-order valence-corrected chi connectivity index (χ3v) is 3.81. The van der Waals surface area contributed by atoms with Gasteiger partial charge >= 0.3 is 5.97 Å². The zero-order chi connectivity index (χ0) is 14.0. The van der Waals surface area contributed by atoms with Crippen molar-refractivity contribution in [2.45, 2.75) is 51.4 Å². The Balaban J connectivity index is 1.92. The summed E-state index contributed by atoms with van der Waals surface area (Å²) in [4.78, 5) is 12.3. The molecule has 0 saturated heterocycles. The van der Waals surface area contributed by atoms with Crippen LogP contribution in [0.3, 0.4) is 0 Å². The van der Waals surface area contributed by atoms with Crippen LogP contribution in [0.4, 0.5) is 0 Å². The third kappa shape index (κ3) is 5.20. The maximum absolute atomic E-state index is 12.3. The summed E-state index contributed by atoms with van der Waals surface area (Å²) in [5.41, 5.74) is 0. The molecule has 0 bridgehead atoms. The first kappa shape index (κ1) is 14.8. The highest BCUT2D eigenvalue weighted by Gasteiger charge is 2.19. The lowest BCUT2D eigenvalue weighted by Gasteiger charge is -2.14. The van der Waals surface area contributed by atoms with Gasteiger partial charge in [0.15, 0.2) is 0 Å². The van der Waals surface area contributed by atoms with Crippen molar-refractivity contribution in [3.63, 3.8) is 0 Å². The van der Waals surface area contributed by atoms with E-state index in [1.807, 2.05) is 30.3 Å². The lowest BCUT2D eigenvalue weighted by molar-refractivity contribution is -0.139. The van der Waals surface area contributed by atoms with E-state index in [1.54, 1.807) is 0 Å². The maximum Gasteiger partial charge on any atom is 0.314 e. The first-order chi connectivity index (χ1) is 9.86. The average molecular weight is 272 g/mol. The molecule has 1 unspecified atom stereocenters. The molecule has 2 heteroatoms. The summed E-state index contributed by atoms with van der Waals surface area (Å²) >= 11 is 0. The highest BCUT2D eigenvalue weighted by Crippen LogP contribution is 2.21. The number of hydrogen-bond acceptors (Lipinski definition) is 2. The number of rotatable bonds is 2. The molecule has 0 aliphatic heterocycles. The number of carbonyl (C=O) groups is 1. The van der Waals surface area contributed by atoms with Crippen molar-refractivity contribution >= 4 is 5.97 Å². The lowest BCUT2D eigenvalue weighted by Crippen LogP contribution is -2.20. The topological polar surface area (TPSA) is 26.3 Å². The van der Waals surface area contributed by atoms with Crippen molar-refractivity contribution in [2.75, 3.05) is 0 Å². The molecule has 20 heavy (non-hydrogen) atoms. The molecule has 108 valence electrons. The van der Waals surface area contributed by atoms with Gasteiger partial charge in [-0.2, -0.15) is 0 Å². The normalized spacial score (nSPS) is 20.9. The zero-order valence-corrected chi connectivity index (χ0v) is 12.1. The van der Waals surface area contributed by atoms with E-state index >= 15 is 0 Å². The molecule has 0 fully saturated rings. The first-order valence-electron chi connectivity index (χ1n) is 7.78. The number of para-hydroxylation sites is 1. The van der Waals surface area contributed by atoms with Crippen LogP contribution in [0.1, 0.15) is 51.4 Å². The van der Waals surface area contributed by atoms with Crippen LogP contribution in [0, 0.1) is 5.92 Å². The number of ether oxygens (including phenoxy) is 1. The Morgan fingerprint density at radius 2 is 1.70 bits per heavy atom. The largest absolute Gasteiger partial charge is 0.426 e. The fourth-order valence-electron chi connectivity index (χ4n) is 2.58. The predicted octanol–water partition coefficient (Wildman–Crippen LogP) is 4.90. The molecule has 1 aromatic carbocycles. The second-order valence-electron chi connectivity index (χ2n) is 5.48. The van der Waals surface area contributed by atoms with E-state index in [9.17, 15) is 4.79 Å². The number of hydrogen-bond donors (Lipinski definition) is 0. The smallest absolute Gasteiger partial charge is 0.314 e. The van der Waals surface area contributed by atoms with Gasteiger partial charge in [-0.3, -0.25) is 4.79 Å². The molecule has 1 aliphatic carbocycles. The molecular formula is C18H24O2. The van der Waals surface area contributed by atoms with Crippen LogP contribution in [-0.2, 0) is 4.79 Å². The van der Waals surface area contributed by atoms with E-state index in [-0.39, 0.29) is 11.9 Å². The summed E-state index contributed by atoms with van der Waals surface area (Å²) in [6.45, 7) is 0. The summed E-state index contributed by atoms with van der Waals surface area (Å²) in [5.74, 6) is 0.570. The Bertz CT molecular complexity index is 422. The molecule has 0 spiro atoms. The first-order valence-corrected chi connectivity index (χ1v) is 7.78. The minimum Gasteiger partial charge on any atom is -0.426 e. The fraction of sp³-hybridized carbons (Fsp3) is 0.500. The molecule has 1 aromatic rings. The Kier molecular flexibility index (Phi) is 6.36. The highest BCUT2D eigenvalue weighted by atomic mass is 16.5. The number of carbonyl (C=O) groups excluding carboxylic acids is 1. The van der Waals surface area contributed by atoms with Crippen molar-refractivity contribution in [1.29, 1.82) is 0 Å². The van der Waals surface area contributed by atoms with Crippen LogP contribution in [0.25, 0.3) is 0 Å². The minimum absolute atomic E-state index is 0.00422. The van der Waals surface area contributed by atoms with Gasteiger partial charge in [0.1, 0.15) is 5.75 Å². The summed E-state index contributed by atoms with van der Waals surface area (Å²) in [6.07, 6.45) is 13.5. The maximum atomic E-state index is 12.3. The molecule has 0 amide bonds. The summed E-state index contributed by atoms with van der Waals surface area (Å²) in [6, 6.07) is 9.37. The molecule has 0 radical (unpaired) electrons. The van der Waals surface area contributed by atoms with Crippen LogP contribution in [-0.4, -0.2) is 5.97 Å². The molecule has 1 atom stereocenters. The van der Waals surface area contributed by atoms with Gasteiger partial charge in [0.05, 0.1) is 5.92 Å². The van der Waals surface area contributed by atoms with Gasteiger partial charge in [-0.1, -0.05) is 56.0 Å². The SMILES string of the molecule is O=C(Oc1ccccc1)C1CC=CCCCCCCC1. The highest BCUT2D eigenvalue weighted by molar-refractivity contribution is 5.75. The Hall–Kier alpha value is -1.57. The summed E-state index contributed by atoms with van der Waals surface area (Å²) in [7, 11) is 0. The van der Waals surface area contributed by atoms with Gasteiger partial charge < -0.3 is 4.74 Å². The van der Waals surface area contributed by atoms with Crippen LogP contribution in [0.15, 0.2) is 42.5 Å². The molecule has 0 N–H and O–H groups in total. The lowest BCUT2D eigenvalue weighted by atomic mass is 9.97. The van der Waals surface area contributed by atoms with Crippen LogP contribution in [0.5, 0.6) is 5.75 Å². The molecule has 2 nitrogen and oxygen atoms in total. The van der Waals surface area contributed by atoms with Crippen LogP contribution < -0.4 is 4.74 Å². The molecule has 0 saturated carbocycles. The Morgan fingerprint density at radius 3 is 2.55 bits per heavy atom.